The molecule has 6 nitrogen and oxygen atoms in total. The molecular weight excluding hydrogens is 401 g/mol. The Labute approximate surface area is 165 Å². The van der Waals surface area contributed by atoms with Gasteiger partial charge in [0.1, 0.15) is 11.6 Å². The molecule has 3 aromatic rings. The molecule has 0 fully saturated rings. The summed E-state index contributed by atoms with van der Waals surface area (Å²) in [4.78, 5) is 16.5. The number of carbonyl (C=O) groups excluding carboxylic acids is 1. The first-order valence-corrected chi connectivity index (χ1v) is 11.3. The summed E-state index contributed by atoms with van der Waals surface area (Å²) in [5.41, 5.74) is 8.62. The molecule has 0 aliphatic heterocycles. The molecule has 2 aromatic carbocycles. The lowest BCUT2D eigenvalue weighted by atomic mass is 9.91. The summed E-state index contributed by atoms with van der Waals surface area (Å²) in [7, 11) is -3.85. The van der Waals surface area contributed by atoms with E-state index in [1.54, 1.807) is 0 Å². The van der Waals surface area contributed by atoms with Crippen LogP contribution < -0.4 is 10.9 Å². The number of sulfone groups is 1. The first kappa shape index (κ1) is 18.8. The minimum atomic E-state index is -3.85. The lowest BCUT2D eigenvalue weighted by Crippen LogP contribution is -2.34. The van der Waals surface area contributed by atoms with Gasteiger partial charge in [0.2, 0.25) is 5.13 Å². The third-order valence-corrected chi connectivity index (χ3v) is 7.26. The standard InChI is InChI=1S/C19H18FN3O3S2/c20-13-6-8-14(9-7-13)28(25,26)11-17(24)22-23-19-21-18-15-4-2-1-3-12(15)5-10-16(18)27-19/h5-10H,1-4,11H2,(H,21,23)(H,22,24). The van der Waals surface area contributed by atoms with E-state index in [2.05, 4.69) is 21.9 Å². The highest BCUT2D eigenvalue weighted by Gasteiger charge is 2.20. The predicted octanol–water partition coefficient (Wildman–Crippen LogP) is 3.23. The summed E-state index contributed by atoms with van der Waals surface area (Å²) in [6.07, 6.45) is 4.39. The number of halogens is 1. The highest BCUT2D eigenvalue weighted by Crippen LogP contribution is 2.33. The molecule has 0 saturated heterocycles. The van der Waals surface area contributed by atoms with Crippen LogP contribution in [-0.4, -0.2) is 25.1 Å². The van der Waals surface area contributed by atoms with Crippen molar-refractivity contribution in [2.24, 2.45) is 0 Å². The van der Waals surface area contributed by atoms with Crippen LogP contribution in [0.25, 0.3) is 10.2 Å². The number of hydrazine groups is 1. The molecule has 0 unspecified atom stereocenters. The number of anilines is 1. The number of carbonyl (C=O) groups is 1. The van der Waals surface area contributed by atoms with Gasteiger partial charge in [0.15, 0.2) is 9.84 Å². The zero-order chi connectivity index (χ0) is 19.7. The SMILES string of the molecule is O=C(CS(=O)(=O)c1ccc(F)cc1)NNc1nc2c3c(ccc2s1)CCCC3. The number of rotatable bonds is 5. The first-order valence-electron chi connectivity index (χ1n) is 8.87. The molecule has 0 saturated carbocycles. The number of nitrogens with zero attached hydrogens (tertiary/aromatic N) is 1. The maximum Gasteiger partial charge on any atom is 0.253 e. The van der Waals surface area contributed by atoms with Crippen molar-refractivity contribution in [3.05, 3.63) is 53.3 Å². The number of fused-ring (bicyclic) bond motifs is 3. The van der Waals surface area contributed by atoms with Crippen molar-refractivity contribution in [2.75, 3.05) is 11.2 Å². The summed E-state index contributed by atoms with van der Waals surface area (Å²) in [6, 6.07) is 8.54. The third-order valence-electron chi connectivity index (χ3n) is 4.69. The Morgan fingerprint density at radius 2 is 1.86 bits per heavy atom. The number of aryl methyl sites for hydroxylation is 2. The van der Waals surface area contributed by atoms with Gasteiger partial charge in [-0.25, -0.2) is 17.8 Å². The minimum Gasteiger partial charge on any atom is -0.273 e. The van der Waals surface area contributed by atoms with Gasteiger partial charge in [0.05, 0.1) is 15.1 Å². The van der Waals surface area contributed by atoms with Gasteiger partial charge in [-0.15, -0.1) is 0 Å². The summed E-state index contributed by atoms with van der Waals surface area (Å²) in [5, 5.41) is 0.501. The second-order valence-corrected chi connectivity index (χ2v) is 9.68. The Hall–Kier alpha value is -2.52. The van der Waals surface area contributed by atoms with Crippen LogP contribution in [0.5, 0.6) is 0 Å². The molecule has 1 aliphatic rings. The van der Waals surface area contributed by atoms with Gasteiger partial charge in [-0.1, -0.05) is 17.4 Å². The van der Waals surface area contributed by atoms with Crippen LogP contribution in [0.2, 0.25) is 0 Å². The third kappa shape index (κ3) is 3.85. The van der Waals surface area contributed by atoms with Crippen LogP contribution in [-0.2, 0) is 27.5 Å². The average molecular weight is 420 g/mol. The number of benzene rings is 2. The Morgan fingerprint density at radius 1 is 1.11 bits per heavy atom. The van der Waals surface area contributed by atoms with Crippen LogP contribution in [0.15, 0.2) is 41.3 Å². The van der Waals surface area contributed by atoms with E-state index in [9.17, 15) is 17.6 Å². The fourth-order valence-electron chi connectivity index (χ4n) is 3.33. The first-order chi connectivity index (χ1) is 13.4. The second kappa shape index (κ2) is 7.48. The van der Waals surface area contributed by atoms with Gasteiger partial charge < -0.3 is 0 Å². The smallest absolute Gasteiger partial charge is 0.253 e. The lowest BCUT2D eigenvalue weighted by molar-refractivity contribution is -0.118. The topological polar surface area (TPSA) is 88.2 Å². The summed E-state index contributed by atoms with van der Waals surface area (Å²) in [6.45, 7) is 0. The van der Waals surface area contributed by atoms with Gasteiger partial charge in [0.25, 0.3) is 5.91 Å². The average Bonchev–Trinajstić information content (AvgIpc) is 3.10. The van der Waals surface area contributed by atoms with Crippen molar-refractivity contribution >= 4 is 42.4 Å². The molecule has 1 heterocycles. The van der Waals surface area contributed by atoms with E-state index in [0.717, 1.165) is 53.7 Å². The number of aromatic nitrogens is 1. The van der Waals surface area contributed by atoms with Gasteiger partial charge in [-0.3, -0.25) is 15.6 Å². The van der Waals surface area contributed by atoms with Crippen molar-refractivity contribution in [1.29, 1.82) is 0 Å². The molecule has 0 atom stereocenters. The fraction of sp³-hybridized carbons (Fsp3) is 0.263. The van der Waals surface area contributed by atoms with Crippen LogP contribution in [0.3, 0.4) is 0 Å². The number of amides is 1. The number of nitrogens with one attached hydrogen (secondary N) is 2. The van der Waals surface area contributed by atoms with Crippen LogP contribution in [0, 0.1) is 5.82 Å². The predicted molar refractivity (Wildman–Crippen MR) is 106 cm³/mol. The fourth-order valence-corrected chi connectivity index (χ4v) is 5.31. The van der Waals surface area contributed by atoms with Crippen molar-refractivity contribution in [3.8, 4) is 0 Å². The normalized spacial score (nSPS) is 13.9. The molecule has 9 heteroatoms. The van der Waals surface area contributed by atoms with Crippen molar-refractivity contribution < 1.29 is 17.6 Å². The van der Waals surface area contributed by atoms with Gasteiger partial charge in [-0.2, -0.15) is 0 Å². The molecule has 1 aromatic heterocycles. The summed E-state index contributed by atoms with van der Waals surface area (Å²) < 4.78 is 38.5. The van der Waals surface area contributed by atoms with Gasteiger partial charge >= 0.3 is 0 Å². The molecule has 0 radical (unpaired) electrons. The van der Waals surface area contributed by atoms with E-state index in [1.807, 2.05) is 6.07 Å². The molecule has 146 valence electrons. The molecule has 4 rings (SSSR count). The maximum atomic E-state index is 12.9. The molecule has 0 spiro atoms. The Balaban J connectivity index is 1.44. The Bertz CT molecular complexity index is 1140. The molecule has 1 aliphatic carbocycles. The zero-order valence-corrected chi connectivity index (χ0v) is 16.5. The number of hydrogen-bond donors (Lipinski definition) is 2. The highest BCUT2D eigenvalue weighted by molar-refractivity contribution is 7.92. The molecule has 2 N–H and O–H groups in total. The van der Waals surface area contributed by atoms with E-state index >= 15 is 0 Å². The highest BCUT2D eigenvalue weighted by atomic mass is 32.2. The van der Waals surface area contributed by atoms with Gasteiger partial charge in [-0.05, 0) is 67.1 Å². The molecule has 28 heavy (non-hydrogen) atoms. The quantitative estimate of drug-likeness (QED) is 0.490. The van der Waals surface area contributed by atoms with Crippen molar-refractivity contribution in [3.63, 3.8) is 0 Å². The number of hydrogen-bond acceptors (Lipinski definition) is 6. The minimum absolute atomic E-state index is 0.101. The van der Waals surface area contributed by atoms with Crippen LogP contribution >= 0.6 is 11.3 Å². The van der Waals surface area contributed by atoms with E-state index in [1.165, 1.54) is 28.9 Å². The van der Waals surface area contributed by atoms with E-state index < -0.39 is 27.3 Å². The Morgan fingerprint density at radius 3 is 2.64 bits per heavy atom. The van der Waals surface area contributed by atoms with E-state index in [0.29, 0.717) is 5.13 Å². The zero-order valence-electron chi connectivity index (χ0n) is 14.9. The lowest BCUT2D eigenvalue weighted by Gasteiger charge is -2.15. The van der Waals surface area contributed by atoms with E-state index in [4.69, 9.17) is 0 Å². The van der Waals surface area contributed by atoms with Crippen molar-refractivity contribution in [2.45, 2.75) is 30.6 Å². The van der Waals surface area contributed by atoms with E-state index in [-0.39, 0.29) is 4.90 Å². The molecule has 1 amide bonds. The molecule has 0 bridgehead atoms. The largest absolute Gasteiger partial charge is 0.273 e. The summed E-state index contributed by atoms with van der Waals surface area (Å²) in [5.74, 6) is -2.00. The van der Waals surface area contributed by atoms with Crippen LogP contribution in [0.4, 0.5) is 9.52 Å². The van der Waals surface area contributed by atoms with Gasteiger partial charge in [0, 0.05) is 0 Å². The van der Waals surface area contributed by atoms with Crippen LogP contribution in [0.1, 0.15) is 24.0 Å². The summed E-state index contributed by atoms with van der Waals surface area (Å²) >= 11 is 1.40. The monoisotopic (exact) mass is 419 g/mol. The Kier molecular flexibility index (Phi) is 5.03. The second-order valence-electron chi connectivity index (χ2n) is 6.66. The maximum absolute atomic E-state index is 12.9. The van der Waals surface area contributed by atoms with Crippen molar-refractivity contribution in [1.82, 2.24) is 10.4 Å². The number of thiazole rings is 1. The molecular formula is C19H18FN3O3S2.